The highest BCUT2D eigenvalue weighted by Crippen LogP contribution is 2.37. The second kappa shape index (κ2) is 9.02. The van der Waals surface area contributed by atoms with E-state index in [9.17, 15) is 1.37 Å². The predicted molar refractivity (Wildman–Crippen MR) is 156 cm³/mol. The standard InChI is InChI=1S/C34H31BO2/c1-33(2)34(3,4)37-35(36-33)32-22-30(25-13-9-6-10-14-25)21-31(23-32)29-18-17-27-19-26(15-16-28(27)20-29)24-11-7-5-8-12-24/h5-23H,1-4H3/i5D,6D,7D,8D,9D,10D,11D,12D,13D,14D,15D,16D,17D,18D,19D,20D. The van der Waals surface area contributed by atoms with E-state index in [2.05, 4.69) is 0 Å². The summed E-state index contributed by atoms with van der Waals surface area (Å²) < 4.78 is 150. The SMILES string of the molecule is [2H]c1c([2H])c([2H])c(-c2cc(B3OC(C)(C)C(C)(C)O3)cc(-c3c([2H])c([2H])c4c([2H])c(-c5c([2H])c([2H])c([2H])c([2H])c5[2H])c([2H])c([2H])c4c3[2H])c2)c([2H])c1[2H]. The number of benzene rings is 5. The lowest BCUT2D eigenvalue weighted by molar-refractivity contribution is 0.00578. The summed E-state index contributed by atoms with van der Waals surface area (Å²) in [6, 6.07) is -5.93. The molecule has 3 heteroatoms. The van der Waals surface area contributed by atoms with Gasteiger partial charge in [0.1, 0.15) is 0 Å². The second-order valence-corrected chi connectivity index (χ2v) is 9.68. The van der Waals surface area contributed by atoms with E-state index in [4.69, 9.17) is 29.9 Å². The lowest BCUT2D eigenvalue weighted by atomic mass is 9.76. The Bertz CT molecular complexity index is 2370. The van der Waals surface area contributed by atoms with Crippen LogP contribution < -0.4 is 5.46 Å². The maximum atomic E-state index is 9.30. The average molecular weight is 499 g/mol. The third-order valence-electron chi connectivity index (χ3n) is 6.68. The molecule has 0 saturated carbocycles. The van der Waals surface area contributed by atoms with Gasteiger partial charge >= 0.3 is 7.12 Å². The lowest BCUT2D eigenvalue weighted by Crippen LogP contribution is -2.41. The minimum Gasteiger partial charge on any atom is -0.399 e. The smallest absolute Gasteiger partial charge is 0.399 e. The van der Waals surface area contributed by atoms with Gasteiger partial charge in [-0.25, -0.2) is 0 Å². The summed E-state index contributed by atoms with van der Waals surface area (Å²) >= 11 is 0. The largest absolute Gasteiger partial charge is 0.494 e. The number of fused-ring (bicyclic) bond motifs is 1. The van der Waals surface area contributed by atoms with Crippen molar-refractivity contribution in [1.82, 2.24) is 0 Å². The zero-order valence-corrected chi connectivity index (χ0v) is 20.6. The predicted octanol–water partition coefficient (Wildman–Crippen LogP) is 8.14. The van der Waals surface area contributed by atoms with E-state index in [0.717, 1.165) is 0 Å². The van der Waals surface area contributed by atoms with Gasteiger partial charge in [-0.2, -0.15) is 0 Å². The van der Waals surface area contributed by atoms with Crippen LogP contribution >= 0.6 is 0 Å². The van der Waals surface area contributed by atoms with Crippen LogP contribution in [0.4, 0.5) is 0 Å². The first-order valence-electron chi connectivity index (χ1n) is 19.7. The van der Waals surface area contributed by atoms with E-state index >= 15 is 0 Å². The molecular weight excluding hydrogens is 451 g/mol. The minimum absolute atomic E-state index is 0.0524. The van der Waals surface area contributed by atoms with Crippen molar-refractivity contribution in [2.24, 2.45) is 0 Å². The van der Waals surface area contributed by atoms with Gasteiger partial charge in [0.05, 0.1) is 33.1 Å². The number of rotatable bonds is 4. The quantitative estimate of drug-likeness (QED) is 0.233. The summed E-state index contributed by atoms with van der Waals surface area (Å²) in [5.41, 5.74) is -2.70. The first-order valence-corrected chi connectivity index (χ1v) is 11.7. The van der Waals surface area contributed by atoms with Gasteiger partial charge in [-0.3, -0.25) is 0 Å². The maximum Gasteiger partial charge on any atom is 0.494 e. The van der Waals surface area contributed by atoms with E-state index in [1.807, 2.05) is 27.7 Å². The molecule has 1 aliphatic heterocycles. The summed E-state index contributed by atoms with van der Waals surface area (Å²) in [6.45, 7) is 7.27. The van der Waals surface area contributed by atoms with Gasteiger partial charge in [-0.05, 0) is 95.5 Å². The Labute approximate surface area is 242 Å². The van der Waals surface area contributed by atoms with Gasteiger partial charge in [0.2, 0.25) is 0 Å². The fourth-order valence-corrected chi connectivity index (χ4v) is 3.97. The van der Waals surface area contributed by atoms with Crippen molar-refractivity contribution in [3.63, 3.8) is 0 Å². The van der Waals surface area contributed by atoms with Crippen LogP contribution in [0.5, 0.6) is 0 Å². The van der Waals surface area contributed by atoms with Crippen molar-refractivity contribution in [1.29, 1.82) is 0 Å². The molecule has 0 atom stereocenters. The van der Waals surface area contributed by atoms with E-state index < -0.39 is 132 Å². The average Bonchev–Trinajstić information content (AvgIpc) is 3.32. The van der Waals surface area contributed by atoms with Crippen molar-refractivity contribution in [3.05, 3.63) is 115 Å². The molecule has 1 fully saturated rings. The van der Waals surface area contributed by atoms with Gasteiger partial charge in [0, 0.05) is 0 Å². The summed E-state index contributed by atoms with van der Waals surface area (Å²) in [7, 11) is -1.06. The van der Waals surface area contributed by atoms with E-state index in [-0.39, 0.29) is 27.6 Å². The second-order valence-electron chi connectivity index (χ2n) is 9.68. The van der Waals surface area contributed by atoms with Crippen molar-refractivity contribution in [2.45, 2.75) is 38.9 Å². The first-order chi connectivity index (χ1) is 24.5. The molecule has 182 valence electrons. The molecule has 0 aromatic heterocycles. The Kier molecular flexibility index (Phi) is 2.88. The molecule has 2 nitrogen and oxygen atoms in total. The third-order valence-corrected chi connectivity index (χ3v) is 6.68. The summed E-state index contributed by atoms with van der Waals surface area (Å²) in [4.78, 5) is 0. The minimum atomic E-state index is -1.06. The number of hydrogen-bond acceptors (Lipinski definition) is 2. The first kappa shape index (κ1) is 11.8. The molecule has 1 aliphatic rings. The molecule has 0 bridgehead atoms. The van der Waals surface area contributed by atoms with Gasteiger partial charge in [-0.1, -0.05) is 96.7 Å². The molecule has 1 heterocycles. The van der Waals surface area contributed by atoms with Crippen LogP contribution in [0.2, 0.25) is 0 Å². The zero-order valence-electron chi connectivity index (χ0n) is 36.6. The van der Waals surface area contributed by atoms with Gasteiger partial charge in [0.25, 0.3) is 0 Å². The summed E-state index contributed by atoms with van der Waals surface area (Å²) in [5.74, 6) is 0. The summed E-state index contributed by atoms with van der Waals surface area (Å²) in [6.07, 6.45) is 0. The summed E-state index contributed by atoms with van der Waals surface area (Å²) in [5, 5.41) is -0.794. The van der Waals surface area contributed by atoms with Gasteiger partial charge in [0.15, 0.2) is 0 Å². The zero-order chi connectivity index (χ0) is 39.5. The molecule has 6 rings (SSSR count). The fourth-order valence-electron chi connectivity index (χ4n) is 3.97. The maximum absolute atomic E-state index is 9.30. The molecule has 5 aromatic rings. The normalized spacial score (nSPS) is 22.3. The molecule has 0 spiro atoms. The van der Waals surface area contributed by atoms with Gasteiger partial charge in [-0.15, -0.1) is 0 Å². The monoisotopic (exact) mass is 498 g/mol. The highest BCUT2D eigenvalue weighted by atomic mass is 16.7. The van der Waals surface area contributed by atoms with Crippen molar-refractivity contribution < 1.29 is 31.2 Å². The topological polar surface area (TPSA) is 18.5 Å². The Hall–Kier alpha value is -3.66. The van der Waals surface area contributed by atoms with Crippen LogP contribution in [0, 0.1) is 0 Å². The van der Waals surface area contributed by atoms with Crippen molar-refractivity contribution in [3.8, 4) is 33.4 Å². The number of hydrogen-bond donors (Lipinski definition) is 0. The lowest BCUT2D eigenvalue weighted by Gasteiger charge is -2.32. The van der Waals surface area contributed by atoms with Crippen LogP contribution in [0.15, 0.2) is 115 Å². The molecule has 1 saturated heterocycles. The van der Waals surface area contributed by atoms with Crippen LogP contribution in [-0.2, 0) is 9.31 Å². The molecule has 37 heavy (non-hydrogen) atoms. The van der Waals surface area contributed by atoms with E-state index in [1.54, 1.807) is 0 Å². The molecule has 0 N–H and O–H groups in total. The van der Waals surface area contributed by atoms with Gasteiger partial charge < -0.3 is 9.31 Å². The highest BCUT2D eigenvalue weighted by molar-refractivity contribution is 6.62. The van der Waals surface area contributed by atoms with Crippen LogP contribution in [0.25, 0.3) is 44.2 Å². The molecule has 0 unspecified atom stereocenters. The molecule has 0 amide bonds. The molecule has 0 radical (unpaired) electrons. The third kappa shape index (κ3) is 4.50. The van der Waals surface area contributed by atoms with E-state index in [1.165, 1.54) is 18.2 Å². The Morgan fingerprint density at radius 2 is 0.946 bits per heavy atom. The van der Waals surface area contributed by atoms with Crippen molar-refractivity contribution >= 4 is 23.4 Å². The van der Waals surface area contributed by atoms with Crippen LogP contribution in [0.1, 0.15) is 49.6 Å². The van der Waals surface area contributed by atoms with Crippen molar-refractivity contribution in [2.75, 3.05) is 0 Å². The Morgan fingerprint density at radius 1 is 0.514 bits per heavy atom. The highest BCUT2D eigenvalue weighted by Gasteiger charge is 2.51. The molecule has 0 aliphatic carbocycles. The fraction of sp³-hybridized carbons (Fsp3) is 0.176. The van der Waals surface area contributed by atoms with Crippen LogP contribution in [0.3, 0.4) is 0 Å². The molecular formula is C34H31BO2. The Balaban J connectivity index is 1.71. The van der Waals surface area contributed by atoms with E-state index in [0.29, 0.717) is 5.46 Å². The molecule has 5 aromatic carbocycles. The van der Waals surface area contributed by atoms with Crippen LogP contribution in [-0.4, -0.2) is 18.3 Å². The Morgan fingerprint density at radius 3 is 1.46 bits per heavy atom.